The SMILES string of the molecule is c1cncc(CO[C@@H]2CO[C@]3(CCN(Cc4ccncc4)C3)C2)c1. The van der Waals surface area contributed by atoms with Gasteiger partial charge in [0.2, 0.25) is 0 Å². The summed E-state index contributed by atoms with van der Waals surface area (Å²) in [7, 11) is 0. The fraction of sp³-hybridized carbons (Fsp3) is 0.474. The molecular weight excluding hydrogens is 302 g/mol. The molecule has 5 nitrogen and oxygen atoms in total. The number of hydrogen-bond acceptors (Lipinski definition) is 5. The fourth-order valence-electron chi connectivity index (χ4n) is 3.70. The van der Waals surface area contributed by atoms with Crippen LogP contribution < -0.4 is 0 Å². The lowest BCUT2D eigenvalue weighted by atomic mass is 9.98. The number of pyridine rings is 2. The Kier molecular flexibility index (Phi) is 4.56. The molecule has 0 N–H and O–H groups in total. The van der Waals surface area contributed by atoms with Crippen molar-refractivity contribution >= 4 is 0 Å². The molecule has 2 aliphatic rings. The summed E-state index contributed by atoms with van der Waals surface area (Å²) in [5.41, 5.74) is 2.40. The van der Waals surface area contributed by atoms with Gasteiger partial charge in [0.15, 0.2) is 0 Å². The monoisotopic (exact) mass is 325 g/mol. The lowest BCUT2D eigenvalue weighted by Crippen LogP contribution is -2.32. The summed E-state index contributed by atoms with van der Waals surface area (Å²) in [5.74, 6) is 0. The molecule has 2 aliphatic heterocycles. The first kappa shape index (κ1) is 15.7. The van der Waals surface area contributed by atoms with Crippen LogP contribution >= 0.6 is 0 Å². The standard InChI is InChI=1S/C19H23N3O2/c1-2-17(11-21-6-1)13-23-18-10-19(24-14-18)5-9-22(15-19)12-16-3-7-20-8-4-16/h1-4,6-8,11,18H,5,9-10,12-15H2/t18-,19+/m0/s1. The maximum Gasteiger partial charge on any atom is 0.0847 e. The van der Waals surface area contributed by atoms with Crippen molar-refractivity contribution in [2.75, 3.05) is 19.7 Å². The van der Waals surface area contributed by atoms with Gasteiger partial charge in [0.05, 0.1) is 24.9 Å². The number of nitrogens with zero attached hydrogens (tertiary/aromatic N) is 3. The van der Waals surface area contributed by atoms with Gasteiger partial charge >= 0.3 is 0 Å². The lowest BCUT2D eigenvalue weighted by Gasteiger charge is -2.23. The Labute approximate surface area is 142 Å². The summed E-state index contributed by atoms with van der Waals surface area (Å²) >= 11 is 0. The molecule has 0 amide bonds. The van der Waals surface area contributed by atoms with E-state index in [4.69, 9.17) is 9.47 Å². The second-order valence-electron chi connectivity index (χ2n) is 6.81. The van der Waals surface area contributed by atoms with Gasteiger partial charge in [-0.15, -0.1) is 0 Å². The Balaban J connectivity index is 1.28. The minimum Gasteiger partial charge on any atom is -0.371 e. The molecule has 0 unspecified atom stereocenters. The average Bonchev–Trinajstić information content (AvgIpc) is 3.21. The summed E-state index contributed by atoms with van der Waals surface area (Å²) in [6.45, 7) is 4.34. The molecule has 5 heteroatoms. The van der Waals surface area contributed by atoms with E-state index < -0.39 is 0 Å². The first-order valence-corrected chi connectivity index (χ1v) is 8.57. The molecule has 0 radical (unpaired) electrons. The highest BCUT2D eigenvalue weighted by Gasteiger charge is 2.45. The Morgan fingerprint density at radius 2 is 2.08 bits per heavy atom. The molecule has 2 aromatic heterocycles. The van der Waals surface area contributed by atoms with Crippen LogP contribution in [0.3, 0.4) is 0 Å². The van der Waals surface area contributed by atoms with E-state index in [0.717, 1.165) is 38.0 Å². The van der Waals surface area contributed by atoms with Gasteiger partial charge < -0.3 is 9.47 Å². The van der Waals surface area contributed by atoms with Gasteiger partial charge in [0.25, 0.3) is 0 Å². The van der Waals surface area contributed by atoms with E-state index >= 15 is 0 Å². The molecule has 2 atom stereocenters. The fourth-order valence-corrected chi connectivity index (χ4v) is 3.70. The molecule has 0 bridgehead atoms. The van der Waals surface area contributed by atoms with Gasteiger partial charge in [0.1, 0.15) is 0 Å². The Morgan fingerprint density at radius 1 is 1.17 bits per heavy atom. The van der Waals surface area contributed by atoms with E-state index in [9.17, 15) is 0 Å². The van der Waals surface area contributed by atoms with Crippen molar-refractivity contribution in [1.82, 2.24) is 14.9 Å². The molecule has 0 aromatic carbocycles. The van der Waals surface area contributed by atoms with Crippen LogP contribution in [0, 0.1) is 0 Å². The van der Waals surface area contributed by atoms with Gasteiger partial charge in [0, 0.05) is 50.8 Å². The van der Waals surface area contributed by atoms with Crippen molar-refractivity contribution in [1.29, 1.82) is 0 Å². The van der Waals surface area contributed by atoms with Crippen LogP contribution in [0.1, 0.15) is 24.0 Å². The summed E-state index contributed by atoms with van der Waals surface area (Å²) in [5, 5.41) is 0. The quantitative estimate of drug-likeness (QED) is 0.845. The number of ether oxygens (including phenoxy) is 2. The zero-order valence-corrected chi connectivity index (χ0v) is 13.8. The number of rotatable bonds is 5. The van der Waals surface area contributed by atoms with E-state index in [-0.39, 0.29) is 11.7 Å². The third-order valence-corrected chi connectivity index (χ3v) is 4.93. The predicted octanol–water partition coefficient (Wildman–Crippen LogP) is 2.43. The van der Waals surface area contributed by atoms with Crippen molar-refractivity contribution in [3.63, 3.8) is 0 Å². The average molecular weight is 325 g/mol. The van der Waals surface area contributed by atoms with Crippen LogP contribution in [0.2, 0.25) is 0 Å². The first-order chi connectivity index (χ1) is 11.8. The van der Waals surface area contributed by atoms with Gasteiger partial charge in [-0.3, -0.25) is 14.9 Å². The van der Waals surface area contributed by atoms with Gasteiger partial charge in [-0.25, -0.2) is 0 Å². The van der Waals surface area contributed by atoms with Crippen molar-refractivity contribution in [3.8, 4) is 0 Å². The molecule has 4 rings (SSSR count). The molecule has 4 heterocycles. The van der Waals surface area contributed by atoms with E-state index in [0.29, 0.717) is 13.2 Å². The maximum absolute atomic E-state index is 6.18. The normalized spacial score (nSPS) is 27.1. The second kappa shape index (κ2) is 6.97. The van der Waals surface area contributed by atoms with Crippen LogP contribution in [0.4, 0.5) is 0 Å². The maximum atomic E-state index is 6.18. The van der Waals surface area contributed by atoms with E-state index in [2.05, 4.69) is 27.0 Å². The van der Waals surface area contributed by atoms with E-state index in [1.807, 2.05) is 30.7 Å². The minimum atomic E-state index is -0.0212. The zero-order valence-electron chi connectivity index (χ0n) is 13.8. The molecule has 2 saturated heterocycles. The third-order valence-electron chi connectivity index (χ3n) is 4.93. The Bertz CT molecular complexity index is 652. The van der Waals surface area contributed by atoms with Crippen LogP contribution in [0.15, 0.2) is 49.1 Å². The van der Waals surface area contributed by atoms with Crippen LogP contribution in [-0.4, -0.2) is 46.3 Å². The van der Waals surface area contributed by atoms with Crippen LogP contribution in [0.5, 0.6) is 0 Å². The van der Waals surface area contributed by atoms with Crippen molar-refractivity contribution < 1.29 is 9.47 Å². The summed E-state index contributed by atoms with van der Waals surface area (Å²) in [6.07, 6.45) is 9.62. The van der Waals surface area contributed by atoms with Crippen molar-refractivity contribution in [3.05, 3.63) is 60.2 Å². The molecule has 0 saturated carbocycles. The van der Waals surface area contributed by atoms with Gasteiger partial charge in [-0.2, -0.15) is 0 Å². The molecule has 2 aromatic rings. The Hall–Kier alpha value is -1.82. The summed E-state index contributed by atoms with van der Waals surface area (Å²) in [4.78, 5) is 10.7. The predicted molar refractivity (Wildman–Crippen MR) is 90.2 cm³/mol. The largest absolute Gasteiger partial charge is 0.371 e. The molecule has 24 heavy (non-hydrogen) atoms. The number of aromatic nitrogens is 2. The second-order valence-corrected chi connectivity index (χ2v) is 6.81. The highest BCUT2D eigenvalue weighted by atomic mass is 16.6. The minimum absolute atomic E-state index is 0.0212. The third kappa shape index (κ3) is 3.64. The van der Waals surface area contributed by atoms with Gasteiger partial charge in [-0.05, 0) is 35.7 Å². The van der Waals surface area contributed by atoms with E-state index in [1.54, 1.807) is 6.20 Å². The van der Waals surface area contributed by atoms with E-state index in [1.165, 1.54) is 5.56 Å². The van der Waals surface area contributed by atoms with Crippen molar-refractivity contribution in [2.45, 2.75) is 37.7 Å². The zero-order chi connectivity index (χ0) is 16.2. The topological polar surface area (TPSA) is 47.5 Å². The van der Waals surface area contributed by atoms with Gasteiger partial charge in [-0.1, -0.05) is 6.07 Å². The molecule has 2 fully saturated rings. The van der Waals surface area contributed by atoms with Crippen LogP contribution in [0.25, 0.3) is 0 Å². The first-order valence-electron chi connectivity index (χ1n) is 8.57. The highest BCUT2D eigenvalue weighted by Crippen LogP contribution is 2.36. The van der Waals surface area contributed by atoms with Crippen molar-refractivity contribution in [2.24, 2.45) is 0 Å². The summed E-state index contributed by atoms with van der Waals surface area (Å²) in [6, 6.07) is 8.16. The number of hydrogen-bond donors (Lipinski definition) is 0. The molecule has 1 spiro atoms. The van der Waals surface area contributed by atoms with Crippen LogP contribution in [-0.2, 0) is 22.6 Å². The highest BCUT2D eigenvalue weighted by molar-refractivity contribution is 5.11. The number of likely N-dealkylation sites (tertiary alicyclic amines) is 1. The lowest BCUT2D eigenvalue weighted by molar-refractivity contribution is -0.000452. The molecule has 0 aliphatic carbocycles. The molecular formula is C19H23N3O2. The molecule has 126 valence electrons. The summed E-state index contributed by atoms with van der Waals surface area (Å²) < 4.78 is 12.2. The smallest absolute Gasteiger partial charge is 0.0847 e. The Morgan fingerprint density at radius 3 is 2.92 bits per heavy atom.